The molecular weight excluding hydrogens is 618 g/mol. The molecule has 0 aliphatic carbocycles. The van der Waals surface area contributed by atoms with Gasteiger partial charge in [0.25, 0.3) is 5.91 Å². The predicted molar refractivity (Wildman–Crippen MR) is 174 cm³/mol. The summed E-state index contributed by atoms with van der Waals surface area (Å²) in [4.78, 5) is 29.4. The van der Waals surface area contributed by atoms with Crippen LogP contribution in [-0.2, 0) is 24.2 Å². The second kappa shape index (κ2) is 15.0. The van der Waals surface area contributed by atoms with Gasteiger partial charge in [-0.05, 0) is 83.2 Å². The Balaban J connectivity index is 0.000000752. The molecule has 0 fully saturated rings. The van der Waals surface area contributed by atoms with Crippen LogP contribution in [0.5, 0.6) is 5.75 Å². The maximum Gasteiger partial charge on any atom is 0.307 e. The van der Waals surface area contributed by atoms with E-state index < -0.39 is 29.7 Å². The first-order chi connectivity index (χ1) is 21.6. The first-order valence-electron chi connectivity index (χ1n) is 15.1. The monoisotopic (exact) mass is 658 g/mol. The molecule has 0 unspecified atom stereocenters. The molecule has 12 heteroatoms. The van der Waals surface area contributed by atoms with E-state index in [1.54, 1.807) is 46.8 Å². The van der Waals surface area contributed by atoms with E-state index in [0.717, 1.165) is 6.42 Å². The molecule has 248 valence electrons. The predicted octanol–water partition coefficient (Wildman–Crippen LogP) is 6.94. The topological polar surface area (TPSA) is 126 Å². The van der Waals surface area contributed by atoms with Crippen LogP contribution in [-0.4, -0.2) is 48.9 Å². The van der Waals surface area contributed by atoms with Crippen molar-refractivity contribution in [1.82, 2.24) is 19.9 Å². The molecule has 2 aromatic carbocycles. The first-order valence-corrected chi connectivity index (χ1v) is 15.4. The fourth-order valence-corrected chi connectivity index (χ4v) is 5.19. The van der Waals surface area contributed by atoms with Gasteiger partial charge in [-0.25, -0.2) is 18.3 Å². The molecule has 4 aromatic rings. The lowest BCUT2D eigenvalue weighted by atomic mass is 9.91. The van der Waals surface area contributed by atoms with Crippen molar-refractivity contribution in [3.8, 4) is 17.0 Å². The lowest BCUT2D eigenvalue weighted by Gasteiger charge is -2.23. The number of carbonyl (C=O) groups excluding carboxylic acids is 1. The molecule has 2 aromatic heterocycles. The van der Waals surface area contributed by atoms with E-state index in [4.69, 9.17) is 21.4 Å². The summed E-state index contributed by atoms with van der Waals surface area (Å²) in [6.07, 6.45) is 0.917. The van der Waals surface area contributed by atoms with E-state index in [0.29, 0.717) is 57.8 Å². The number of halogens is 3. The first kappa shape index (κ1) is 36.4. The van der Waals surface area contributed by atoms with E-state index >= 15 is 4.39 Å². The zero-order chi connectivity index (χ0) is 34.5. The number of hydrogen-bond acceptors (Lipinski definition) is 6. The zero-order valence-electron chi connectivity index (χ0n) is 27.4. The molecule has 0 bridgehead atoms. The third kappa shape index (κ3) is 8.38. The minimum atomic E-state index is -1.11. The van der Waals surface area contributed by atoms with Crippen molar-refractivity contribution in [3.63, 3.8) is 0 Å². The normalized spacial score (nSPS) is 12.3. The summed E-state index contributed by atoms with van der Waals surface area (Å²) < 4.78 is 35.7. The molecular formula is C34H41ClF2N4O5. The van der Waals surface area contributed by atoms with Crippen LogP contribution >= 0.6 is 11.6 Å². The van der Waals surface area contributed by atoms with E-state index in [1.165, 1.54) is 16.6 Å². The Morgan fingerprint density at radius 2 is 1.76 bits per heavy atom. The van der Waals surface area contributed by atoms with Gasteiger partial charge >= 0.3 is 5.97 Å². The van der Waals surface area contributed by atoms with Crippen LogP contribution in [0.4, 0.5) is 8.78 Å². The molecule has 0 atom stereocenters. The molecule has 0 saturated heterocycles. The summed E-state index contributed by atoms with van der Waals surface area (Å²) in [5.41, 5.74) is 3.44. The highest BCUT2D eigenvalue weighted by Gasteiger charge is 2.28. The van der Waals surface area contributed by atoms with Crippen LogP contribution < -0.4 is 10.1 Å². The van der Waals surface area contributed by atoms with E-state index in [-0.39, 0.29) is 34.5 Å². The van der Waals surface area contributed by atoms with Gasteiger partial charge in [-0.15, -0.1) is 0 Å². The van der Waals surface area contributed by atoms with Crippen LogP contribution in [0.25, 0.3) is 16.9 Å². The van der Waals surface area contributed by atoms with Gasteiger partial charge in [0.05, 0.1) is 24.3 Å². The van der Waals surface area contributed by atoms with Gasteiger partial charge in [-0.3, -0.25) is 9.59 Å². The number of aryl methyl sites for hydroxylation is 2. The summed E-state index contributed by atoms with van der Waals surface area (Å²) in [5, 5.41) is 25.3. The summed E-state index contributed by atoms with van der Waals surface area (Å²) >= 11 is 6.59. The maximum absolute atomic E-state index is 15.2. The quantitative estimate of drug-likeness (QED) is 0.205. The molecule has 1 aliphatic rings. The number of ether oxygens (including phenoxy) is 1. The Hall–Kier alpha value is -4.09. The van der Waals surface area contributed by atoms with Crippen LogP contribution in [0.15, 0.2) is 24.3 Å². The number of aliphatic carboxylic acids is 1. The van der Waals surface area contributed by atoms with Gasteiger partial charge in [0.15, 0.2) is 22.9 Å². The van der Waals surface area contributed by atoms with Crippen molar-refractivity contribution in [2.24, 2.45) is 0 Å². The number of fused-ring (bicyclic) bond motifs is 2. The maximum atomic E-state index is 15.2. The molecule has 9 nitrogen and oxygen atoms in total. The Morgan fingerprint density at radius 3 is 2.37 bits per heavy atom. The standard InChI is InChI=1S/C28H25ClF2N4O4.C4H10O.C2H6/c1-13-9-16(6-7-20(13)30)12-32-28(38)24-23(29)27-33-15(3)19(11-22(36)37)25(35(27)34-24)18-10-21(31)26-17(14(18)2)5-4-8-39-26;1-4(2,3)5;1-2/h6-7,9-10H,4-5,8,11-12H2,1-3H3,(H,32,38)(H,36,37);5H,1-3H3;1-2H3. The van der Waals surface area contributed by atoms with E-state index in [1.807, 2.05) is 20.8 Å². The minimum Gasteiger partial charge on any atom is -0.490 e. The summed E-state index contributed by atoms with van der Waals surface area (Å²) in [5.74, 6) is -2.43. The number of hydrogen-bond donors (Lipinski definition) is 3. The van der Waals surface area contributed by atoms with Gasteiger partial charge in [0, 0.05) is 28.9 Å². The Morgan fingerprint density at radius 1 is 1.11 bits per heavy atom. The van der Waals surface area contributed by atoms with Crippen LogP contribution in [0.1, 0.15) is 85.0 Å². The van der Waals surface area contributed by atoms with Gasteiger partial charge in [0.2, 0.25) is 0 Å². The average Bonchev–Trinajstić information content (AvgIpc) is 3.31. The van der Waals surface area contributed by atoms with Crippen molar-refractivity contribution in [3.05, 3.63) is 80.1 Å². The number of carboxylic acids is 1. The Bertz CT molecular complexity index is 1760. The van der Waals surface area contributed by atoms with Gasteiger partial charge in [0.1, 0.15) is 10.8 Å². The third-order valence-electron chi connectivity index (χ3n) is 6.92. The van der Waals surface area contributed by atoms with Gasteiger partial charge in [-0.2, -0.15) is 5.10 Å². The molecule has 1 aliphatic heterocycles. The number of amides is 1. The number of rotatable bonds is 6. The van der Waals surface area contributed by atoms with Gasteiger partial charge in [-0.1, -0.05) is 37.6 Å². The average molecular weight is 659 g/mol. The van der Waals surface area contributed by atoms with E-state index in [9.17, 15) is 19.1 Å². The fourth-order valence-electron chi connectivity index (χ4n) is 4.94. The largest absolute Gasteiger partial charge is 0.490 e. The Kier molecular flexibility index (Phi) is 11.9. The number of nitrogens with one attached hydrogen (secondary N) is 1. The molecule has 0 spiro atoms. The Labute approximate surface area is 272 Å². The summed E-state index contributed by atoms with van der Waals surface area (Å²) in [6.45, 7) is 14.8. The van der Waals surface area contributed by atoms with Crippen molar-refractivity contribution in [2.45, 2.75) is 86.8 Å². The minimum absolute atomic E-state index is 0.0339. The van der Waals surface area contributed by atoms with Crippen molar-refractivity contribution < 1.29 is 33.3 Å². The van der Waals surface area contributed by atoms with Crippen molar-refractivity contribution in [2.75, 3.05) is 6.61 Å². The number of nitrogens with zero attached hydrogens (tertiary/aromatic N) is 3. The second-order valence-electron chi connectivity index (χ2n) is 11.7. The molecule has 3 heterocycles. The molecule has 5 rings (SSSR count). The molecule has 1 amide bonds. The molecule has 46 heavy (non-hydrogen) atoms. The number of benzene rings is 2. The van der Waals surface area contributed by atoms with Gasteiger partial charge < -0.3 is 20.3 Å². The SMILES string of the molecule is CC.CC(C)(C)O.Cc1cc(CNC(=O)c2nn3c(-c4cc(F)c5c(c4C)CCCO5)c(CC(=O)O)c(C)nc3c2Cl)ccc1F. The highest BCUT2D eigenvalue weighted by molar-refractivity contribution is 6.36. The van der Waals surface area contributed by atoms with Crippen LogP contribution in [0.2, 0.25) is 5.02 Å². The zero-order valence-corrected chi connectivity index (χ0v) is 28.2. The molecule has 3 N–H and O–H groups in total. The smallest absolute Gasteiger partial charge is 0.307 e. The van der Waals surface area contributed by atoms with Crippen molar-refractivity contribution in [1.29, 1.82) is 0 Å². The van der Waals surface area contributed by atoms with Crippen LogP contribution in [0, 0.1) is 32.4 Å². The third-order valence-corrected chi connectivity index (χ3v) is 7.27. The number of aromatic nitrogens is 3. The molecule has 0 saturated carbocycles. The molecule has 0 radical (unpaired) electrons. The number of aliphatic hydroxyl groups is 1. The van der Waals surface area contributed by atoms with E-state index in [2.05, 4.69) is 15.4 Å². The highest BCUT2D eigenvalue weighted by Crippen LogP contribution is 2.39. The summed E-state index contributed by atoms with van der Waals surface area (Å²) in [7, 11) is 0. The fraction of sp³-hybridized carbons (Fsp3) is 0.412. The lowest BCUT2D eigenvalue weighted by Crippen LogP contribution is -2.23. The lowest BCUT2D eigenvalue weighted by molar-refractivity contribution is -0.136. The number of carboxylic acid groups (broad SMARTS) is 1. The number of carbonyl (C=O) groups is 2. The second-order valence-corrected chi connectivity index (χ2v) is 12.1. The highest BCUT2D eigenvalue weighted by atomic mass is 35.5. The summed E-state index contributed by atoms with van der Waals surface area (Å²) in [6, 6.07) is 5.81. The van der Waals surface area contributed by atoms with Crippen molar-refractivity contribution >= 4 is 29.1 Å². The van der Waals surface area contributed by atoms with Crippen LogP contribution in [0.3, 0.4) is 0 Å².